The number of rotatable bonds is 4. The van der Waals surface area contributed by atoms with Gasteiger partial charge in [-0.15, -0.1) is 0 Å². The maximum absolute atomic E-state index is 11.9. The lowest BCUT2D eigenvalue weighted by Crippen LogP contribution is -2.35. The van der Waals surface area contributed by atoms with Gasteiger partial charge in [0, 0.05) is 20.0 Å². The number of nitrogens with two attached hydrogens (primary N) is 1. The topological polar surface area (TPSA) is 88.2 Å². The summed E-state index contributed by atoms with van der Waals surface area (Å²) >= 11 is 0. The summed E-state index contributed by atoms with van der Waals surface area (Å²) in [5.41, 5.74) is 5.33. The summed E-state index contributed by atoms with van der Waals surface area (Å²) in [5.74, 6) is 0.151. The standard InChI is InChI=1S/C10H19N3O3/c1-7-5-8(6-16-7)10(14)13(2)4-3-9(11)12-15/h7-8,15H,3-6H2,1-2H3,(H2,11,12). The molecule has 6 nitrogen and oxygen atoms in total. The molecule has 0 spiro atoms. The van der Waals surface area contributed by atoms with Gasteiger partial charge in [-0.1, -0.05) is 5.16 Å². The van der Waals surface area contributed by atoms with Crippen LogP contribution in [0.3, 0.4) is 0 Å². The highest BCUT2D eigenvalue weighted by molar-refractivity contribution is 5.82. The van der Waals surface area contributed by atoms with E-state index in [1.807, 2.05) is 6.92 Å². The van der Waals surface area contributed by atoms with Crippen molar-refractivity contribution in [2.24, 2.45) is 16.8 Å². The molecule has 1 rings (SSSR count). The van der Waals surface area contributed by atoms with Gasteiger partial charge in [-0.05, 0) is 13.3 Å². The smallest absolute Gasteiger partial charge is 0.227 e. The van der Waals surface area contributed by atoms with E-state index in [0.29, 0.717) is 19.6 Å². The van der Waals surface area contributed by atoms with Crippen LogP contribution in [0.25, 0.3) is 0 Å². The van der Waals surface area contributed by atoms with Crippen LogP contribution in [0, 0.1) is 5.92 Å². The van der Waals surface area contributed by atoms with E-state index >= 15 is 0 Å². The van der Waals surface area contributed by atoms with E-state index in [1.54, 1.807) is 11.9 Å². The lowest BCUT2D eigenvalue weighted by molar-refractivity contribution is -0.134. The molecular formula is C10H19N3O3. The molecule has 1 fully saturated rings. The predicted octanol–water partition coefficient (Wildman–Crippen LogP) is 0.00630. The highest BCUT2D eigenvalue weighted by Crippen LogP contribution is 2.20. The van der Waals surface area contributed by atoms with Crippen LogP contribution in [0.15, 0.2) is 5.16 Å². The summed E-state index contributed by atoms with van der Waals surface area (Å²) in [7, 11) is 1.72. The summed E-state index contributed by atoms with van der Waals surface area (Å²) in [5, 5.41) is 11.2. The summed E-state index contributed by atoms with van der Waals surface area (Å²) in [4.78, 5) is 13.5. The van der Waals surface area contributed by atoms with Gasteiger partial charge in [-0.2, -0.15) is 0 Å². The van der Waals surface area contributed by atoms with Crippen molar-refractivity contribution in [1.82, 2.24) is 4.90 Å². The first-order chi connectivity index (χ1) is 7.54. The zero-order valence-electron chi connectivity index (χ0n) is 9.72. The van der Waals surface area contributed by atoms with Crippen LogP contribution in [-0.2, 0) is 9.53 Å². The largest absolute Gasteiger partial charge is 0.409 e. The maximum Gasteiger partial charge on any atom is 0.227 e. The zero-order valence-corrected chi connectivity index (χ0v) is 9.72. The Morgan fingerprint density at radius 3 is 2.88 bits per heavy atom. The number of nitrogens with zero attached hydrogens (tertiary/aromatic N) is 2. The number of amides is 1. The SMILES string of the molecule is CC1CC(C(=O)N(C)CCC(N)=NO)CO1. The van der Waals surface area contributed by atoms with Crippen molar-refractivity contribution in [2.45, 2.75) is 25.9 Å². The molecule has 16 heavy (non-hydrogen) atoms. The first-order valence-corrected chi connectivity index (χ1v) is 5.37. The van der Waals surface area contributed by atoms with E-state index in [9.17, 15) is 4.79 Å². The van der Waals surface area contributed by atoms with E-state index in [0.717, 1.165) is 6.42 Å². The Kier molecular flexibility index (Phi) is 4.54. The van der Waals surface area contributed by atoms with Gasteiger partial charge in [-0.3, -0.25) is 4.79 Å². The lowest BCUT2D eigenvalue weighted by atomic mass is 10.0. The summed E-state index contributed by atoms with van der Waals surface area (Å²) < 4.78 is 5.35. The van der Waals surface area contributed by atoms with Crippen LogP contribution < -0.4 is 5.73 Å². The molecule has 0 aromatic heterocycles. The molecule has 3 N–H and O–H groups in total. The fraction of sp³-hybridized carbons (Fsp3) is 0.800. The normalized spacial score (nSPS) is 25.8. The van der Waals surface area contributed by atoms with Gasteiger partial charge >= 0.3 is 0 Å². The molecule has 0 bridgehead atoms. The number of ether oxygens (including phenoxy) is 1. The number of hydrogen-bond acceptors (Lipinski definition) is 4. The van der Waals surface area contributed by atoms with Crippen molar-refractivity contribution in [3.8, 4) is 0 Å². The third kappa shape index (κ3) is 3.37. The van der Waals surface area contributed by atoms with Crippen molar-refractivity contribution >= 4 is 11.7 Å². The van der Waals surface area contributed by atoms with Crippen LogP contribution in [-0.4, -0.2) is 48.2 Å². The molecule has 1 saturated heterocycles. The molecule has 1 aliphatic heterocycles. The second-order valence-corrected chi connectivity index (χ2v) is 4.18. The van der Waals surface area contributed by atoms with Crippen LogP contribution in [0.4, 0.5) is 0 Å². The van der Waals surface area contributed by atoms with Gasteiger partial charge in [0.25, 0.3) is 0 Å². The monoisotopic (exact) mass is 229 g/mol. The fourth-order valence-electron chi connectivity index (χ4n) is 1.74. The summed E-state index contributed by atoms with van der Waals surface area (Å²) in [6, 6.07) is 0. The predicted molar refractivity (Wildman–Crippen MR) is 59.2 cm³/mol. The van der Waals surface area contributed by atoms with Crippen molar-refractivity contribution in [3.63, 3.8) is 0 Å². The van der Waals surface area contributed by atoms with Gasteiger partial charge in [-0.25, -0.2) is 0 Å². The Hall–Kier alpha value is -1.30. The quantitative estimate of drug-likeness (QED) is 0.307. The average molecular weight is 229 g/mol. The molecule has 0 radical (unpaired) electrons. The fourth-order valence-corrected chi connectivity index (χ4v) is 1.74. The molecule has 0 aliphatic carbocycles. The van der Waals surface area contributed by atoms with Crippen LogP contribution in [0.5, 0.6) is 0 Å². The molecular weight excluding hydrogens is 210 g/mol. The Morgan fingerprint density at radius 1 is 1.69 bits per heavy atom. The van der Waals surface area contributed by atoms with Gasteiger partial charge in [0.1, 0.15) is 5.84 Å². The van der Waals surface area contributed by atoms with E-state index in [2.05, 4.69) is 5.16 Å². The number of hydrogen-bond donors (Lipinski definition) is 2. The zero-order chi connectivity index (χ0) is 12.1. The summed E-state index contributed by atoms with van der Waals surface area (Å²) in [6.45, 7) is 2.91. The first kappa shape index (κ1) is 12.8. The van der Waals surface area contributed by atoms with Crippen LogP contribution in [0.1, 0.15) is 19.8 Å². The molecule has 92 valence electrons. The molecule has 0 aromatic rings. The maximum atomic E-state index is 11.9. The Labute approximate surface area is 95.0 Å². The van der Waals surface area contributed by atoms with Gasteiger partial charge < -0.3 is 20.6 Å². The Balaban J connectivity index is 2.36. The van der Waals surface area contributed by atoms with Gasteiger partial charge in [0.05, 0.1) is 18.6 Å². The van der Waals surface area contributed by atoms with Crippen LogP contribution in [0.2, 0.25) is 0 Å². The Morgan fingerprint density at radius 2 is 2.38 bits per heavy atom. The molecule has 2 atom stereocenters. The molecule has 1 heterocycles. The molecule has 2 unspecified atom stereocenters. The van der Waals surface area contributed by atoms with Crippen molar-refractivity contribution < 1.29 is 14.7 Å². The third-order valence-electron chi connectivity index (χ3n) is 2.76. The van der Waals surface area contributed by atoms with E-state index < -0.39 is 0 Å². The molecule has 0 saturated carbocycles. The first-order valence-electron chi connectivity index (χ1n) is 5.37. The number of amidine groups is 1. The van der Waals surface area contributed by atoms with Crippen molar-refractivity contribution in [3.05, 3.63) is 0 Å². The van der Waals surface area contributed by atoms with Crippen molar-refractivity contribution in [1.29, 1.82) is 0 Å². The van der Waals surface area contributed by atoms with Crippen LogP contribution >= 0.6 is 0 Å². The minimum Gasteiger partial charge on any atom is -0.409 e. The molecule has 6 heteroatoms. The molecule has 0 aromatic carbocycles. The molecule has 1 aliphatic rings. The lowest BCUT2D eigenvalue weighted by Gasteiger charge is -2.19. The van der Waals surface area contributed by atoms with E-state index in [4.69, 9.17) is 15.7 Å². The van der Waals surface area contributed by atoms with Gasteiger partial charge in [0.15, 0.2) is 0 Å². The highest BCUT2D eigenvalue weighted by Gasteiger charge is 2.30. The van der Waals surface area contributed by atoms with Crippen molar-refractivity contribution in [2.75, 3.05) is 20.2 Å². The number of carbonyl (C=O) groups excluding carboxylic acids is 1. The summed E-state index contributed by atoms with van der Waals surface area (Å²) in [6.07, 6.45) is 1.31. The number of carbonyl (C=O) groups is 1. The third-order valence-corrected chi connectivity index (χ3v) is 2.76. The minimum atomic E-state index is -0.0488. The average Bonchev–Trinajstić information content (AvgIpc) is 2.71. The Bertz CT molecular complexity index is 280. The second kappa shape index (κ2) is 5.69. The highest BCUT2D eigenvalue weighted by atomic mass is 16.5. The second-order valence-electron chi connectivity index (χ2n) is 4.18. The number of oxime groups is 1. The van der Waals surface area contributed by atoms with E-state index in [-0.39, 0.29) is 23.8 Å². The minimum absolute atomic E-state index is 0.0488. The van der Waals surface area contributed by atoms with Gasteiger partial charge in [0.2, 0.25) is 5.91 Å². The van der Waals surface area contributed by atoms with E-state index in [1.165, 1.54) is 0 Å². The molecule has 1 amide bonds.